The van der Waals surface area contributed by atoms with E-state index in [-0.39, 0.29) is 37.4 Å². The maximum absolute atomic E-state index is 13.1. The summed E-state index contributed by atoms with van der Waals surface area (Å²) in [7, 11) is 0. The number of hydrogen-bond donors (Lipinski definition) is 2. The summed E-state index contributed by atoms with van der Waals surface area (Å²) in [5.41, 5.74) is 4.61. The number of carboxylic acid groups (broad SMARTS) is 1. The lowest BCUT2D eigenvalue weighted by Gasteiger charge is -2.47. The van der Waals surface area contributed by atoms with E-state index in [9.17, 15) is 19.5 Å². The Morgan fingerprint density at radius 1 is 0.914 bits per heavy atom. The molecule has 2 amide bonds. The summed E-state index contributed by atoms with van der Waals surface area (Å²) in [5, 5.41) is 12.4. The molecule has 35 heavy (non-hydrogen) atoms. The molecule has 0 radical (unpaired) electrons. The van der Waals surface area contributed by atoms with Gasteiger partial charge in [0.1, 0.15) is 12.6 Å². The SMILES string of the molecule is O=C(NCCC(=O)N1C(C(=O)O)CCC2CCCCC21)OCC1c2ccccc2-c2ccccc21. The van der Waals surface area contributed by atoms with Gasteiger partial charge in [-0.3, -0.25) is 4.79 Å². The highest BCUT2D eigenvalue weighted by Gasteiger charge is 2.43. The van der Waals surface area contributed by atoms with Gasteiger partial charge in [-0.1, -0.05) is 61.4 Å². The Balaban J connectivity index is 1.15. The van der Waals surface area contributed by atoms with Crippen LogP contribution in [0.3, 0.4) is 0 Å². The summed E-state index contributed by atoms with van der Waals surface area (Å²) in [6.45, 7) is 0.334. The van der Waals surface area contributed by atoms with Gasteiger partial charge in [0.15, 0.2) is 0 Å². The van der Waals surface area contributed by atoms with Crippen LogP contribution in [0, 0.1) is 5.92 Å². The van der Waals surface area contributed by atoms with Crippen LogP contribution in [0.2, 0.25) is 0 Å². The number of hydrogen-bond acceptors (Lipinski definition) is 4. The smallest absolute Gasteiger partial charge is 0.407 e. The van der Waals surface area contributed by atoms with Crippen molar-refractivity contribution in [2.45, 2.75) is 62.9 Å². The van der Waals surface area contributed by atoms with Gasteiger partial charge in [-0.15, -0.1) is 0 Å². The number of nitrogens with one attached hydrogen (secondary N) is 1. The van der Waals surface area contributed by atoms with Crippen molar-refractivity contribution in [2.24, 2.45) is 5.92 Å². The number of aliphatic carboxylic acids is 1. The average molecular weight is 477 g/mol. The lowest BCUT2D eigenvalue weighted by atomic mass is 9.76. The number of nitrogens with zero attached hydrogens (tertiary/aromatic N) is 1. The Morgan fingerprint density at radius 3 is 2.26 bits per heavy atom. The summed E-state index contributed by atoms with van der Waals surface area (Å²) >= 11 is 0. The van der Waals surface area contributed by atoms with Crippen LogP contribution in [0.25, 0.3) is 11.1 Å². The van der Waals surface area contributed by atoms with Crippen LogP contribution in [0.4, 0.5) is 4.79 Å². The van der Waals surface area contributed by atoms with Crippen LogP contribution in [0.15, 0.2) is 48.5 Å². The maximum Gasteiger partial charge on any atom is 0.407 e. The standard InChI is InChI=1S/C28H32N2O5/c31-26(30-24-12-6-1-7-18(24)13-14-25(30)27(32)33)15-16-29-28(34)35-17-23-21-10-4-2-8-19(21)20-9-3-5-11-22(20)23/h2-5,8-11,18,23-25H,1,6-7,12-17H2,(H,29,34)(H,32,33). The first-order chi connectivity index (χ1) is 17.0. The normalized spacial score (nSPS) is 23.1. The molecule has 1 saturated heterocycles. The highest BCUT2D eigenvalue weighted by Crippen LogP contribution is 2.44. The van der Waals surface area contributed by atoms with Gasteiger partial charge in [0.2, 0.25) is 5.91 Å². The van der Waals surface area contributed by atoms with E-state index in [1.165, 1.54) is 11.1 Å². The minimum atomic E-state index is -0.938. The largest absolute Gasteiger partial charge is 0.480 e. The van der Waals surface area contributed by atoms with Crippen molar-refractivity contribution in [2.75, 3.05) is 13.2 Å². The first kappa shape index (κ1) is 23.4. The third-order valence-electron chi connectivity index (χ3n) is 7.90. The van der Waals surface area contributed by atoms with E-state index >= 15 is 0 Å². The first-order valence-electron chi connectivity index (χ1n) is 12.7. The number of piperidine rings is 1. The van der Waals surface area contributed by atoms with Crippen LogP contribution in [0.1, 0.15) is 62.0 Å². The lowest BCUT2D eigenvalue weighted by Crippen LogP contribution is -2.57. The van der Waals surface area contributed by atoms with Gasteiger partial charge in [-0.25, -0.2) is 9.59 Å². The molecule has 2 aliphatic carbocycles. The summed E-state index contributed by atoms with van der Waals surface area (Å²) in [6, 6.07) is 15.5. The molecular weight excluding hydrogens is 444 g/mol. The zero-order valence-electron chi connectivity index (χ0n) is 19.8. The van der Waals surface area contributed by atoms with E-state index in [2.05, 4.69) is 29.6 Å². The monoisotopic (exact) mass is 476 g/mol. The molecule has 3 aliphatic rings. The van der Waals surface area contributed by atoms with Crippen molar-refractivity contribution < 1.29 is 24.2 Å². The number of likely N-dealkylation sites (tertiary alicyclic amines) is 1. The Labute approximate surface area is 205 Å². The maximum atomic E-state index is 13.1. The van der Waals surface area contributed by atoms with Crippen molar-refractivity contribution >= 4 is 18.0 Å². The number of carbonyl (C=O) groups is 3. The fourth-order valence-corrected chi connectivity index (χ4v) is 6.28. The molecule has 0 spiro atoms. The second-order valence-corrected chi connectivity index (χ2v) is 9.85. The van der Waals surface area contributed by atoms with Gasteiger partial charge in [-0.05, 0) is 53.9 Å². The van der Waals surface area contributed by atoms with Crippen LogP contribution >= 0.6 is 0 Å². The fourth-order valence-electron chi connectivity index (χ4n) is 6.28. The molecule has 1 saturated carbocycles. The lowest BCUT2D eigenvalue weighted by molar-refractivity contribution is -0.158. The van der Waals surface area contributed by atoms with E-state index < -0.39 is 18.1 Å². The zero-order chi connectivity index (χ0) is 24.4. The Morgan fingerprint density at radius 2 is 1.57 bits per heavy atom. The van der Waals surface area contributed by atoms with E-state index in [0.717, 1.165) is 43.2 Å². The highest BCUT2D eigenvalue weighted by atomic mass is 16.5. The summed E-state index contributed by atoms with van der Waals surface area (Å²) in [4.78, 5) is 38.9. The Kier molecular flexibility index (Phi) is 6.75. The molecule has 3 atom stereocenters. The van der Waals surface area contributed by atoms with Gasteiger partial charge in [0, 0.05) is 24.9 Å². The summed E-state index contributed by atoms with van der Waals surface area (Å²) < 4.78 is 5.54. The third-order valence-corrected chi connectivity index (χ3v) is 7.90. The minimum absolute atomic E-state index is 0.000513. The van der Waals surface area contributed by atoms with Crippen LogP contribution in [-0.2, 0) is 14.3 Å². The van der Waals surface area contributed by atoms with Crippen molar-refractivity contribution in [3.05, 3.63) is 59.7 Å². The van der Waals surface area contributed by atoms with Crippen molar-refractivity contribution in [1.29, 1.82) is 0 Å². The molecule has 0 aromatic heterocycles. The Bertz CT molecular complexity index is 1070. The minimum Gasteiger partial charge on any atom is -0.480 e. The molecule has 5 rings (SSSR count). The summed E-state index contributed by atoms with van der Waals surface area (Å²) in [6.07, 6.45) is 4.95. The summed E-state index contributed by atoms with van der Waals surface area (Å²) in [5.74, 6) is -0.777. The molecule has 3 unspecified atom stereocenters. The second-order valence-electron chi connectivity index (χ2n) is 9.85. The van der Waals surface area contributed by atoms with Crippen LogP contribution in [-0.4, -0.2) is 53.2 Å². The fraction of sp³-hybridized carbons (Fsp3) is 0.464. The molecule has 0 bridgehead atoms. The molecule has 2 N–H and O–H groups in total. The van der Waals surface area contributed by atoms with Crippen molar-refractivity contribution in [1.82, 2.24) is 10.2 Å². The average Bonchev–Trinajstić information content (AvgIpc) is 3.20. The van der Waals surface area contributed by atoms with E-state index in [1.807, 2.05) is 24.3 Å². The number of ether oxygens (including phenoxy) is 1. The van der Waals surface area contributed by atoms with Gasteiger partial charge in [0.25, 0.3) is 0 Å². The van der Waals surface area contributed by atoms with E-state index in [4.69, 9.17) is 4.74 Å². The molecule has 7 nitrogen and oxygen atoms in total. The van der Waals surface area contributed by atoms with Gasteiger partial charge < -0.3 is 20.1 Å². The van der Waals surface area contributed by atoms with Gasteiger partial charge in [-0.2, -0.15) is 0 Å². The number of fused-ring (bicyclic) bond motifs is 4. The number of rotatable bonds is 6. The molecule has 7 heteroatoms. The number of carboxylic acids is 1. The van der Waals surface area contributed by atoms with E-state index in [1.54, 1.807) is 4.90 Å². The topological polar surface area (TPSA) is 95.9 Å². The number of alkyl carbamates (subject to hydrolysis) is 1. The zero-order valence-corrected chi connectivity index (χ0v) is 19.8. The first-order valence-corrected chi connectivity index (χ1v) is 12.7. The second kappa shape index (κ2) is 10.1. The molecule has 1 aliphatic heterocycles. The predicted octanol–water partition coefficient (Wildman–Crippen LogP) is 4.55. The molecule has 2 aromatic rings. The Hall–Kier alpha value is -3.35. The van der Waals surface area contributed by atoms with Gasteiger partial charge in [0.05, 0.1) is 0 Å². The number of benzene rings is 2. The van der Waals surface area contributed by atoms with Crippen molar-refractivity contribution in [3.63, 3.8) is 0 Å². The van der Waals surface area contributed by atoms with Gasteiger partial charge >= 0.3 is 12.1 Å². The molecule has 184 valence electrons. The molecule has 2 aromatic carbocycles. The van der Waals surface area contributed by atoms with E-state index in [0.29, 0.717) is 12.3 Å². The third kappa shape index (κ3) is 4.64. The molecule has 1 heterocycles. The number of carbonyl (C=O) groups excluding carboxylic acids is 2. The van der Waals surface area contributed by atoms with Crippen LogP contribution in [0.5, 0.6) is 0 Å². The predicted molar refractivity (Wildman–Crippen MR) is 131 cm³/mol. The van der Waals surface area contributed by atoms with Crippen molar-refractivity contribution in [3.8, 4) is 11.1 Å². The quantitative estimate of drug-likeness (QED) is 0.638. The van der Waals surface area contributed by atoms with Crippen LogP contribution < -0.4 is 5.32 Å². The molecular formula is C28H32N2O5. The highest BCUT2D eigenvalue weighted by molar-refractivity contribution is 5.85. The molecule has 2 fully saturated rings. The number of amides is 2.